The lowest BCUT2D eigenvalue weighted by atomic mass is 9.79. The van der Waals surface area contributed by atoms with E-state index in [-0.39, 0.29) is 11.9 Å². The monoisotopic (exact) mass is 479 g/mol. The maximum atomic E-state index is 13.1. The number of amides is 1. The number of carbonyl (C=O) groups is 2. The van der Waals surface area contributed by atoms with Gasteiger partial charge in [-0.05, 0) is 38.7 Å². The molecule has 3 heterocycles. The molecule has 0 bridgehead atoms. The molecule has 2 aliphatic carbocycles. The van der Waals surface area contributed by atoms with E-state index in [4.69, 9.17) is 4.74 Å². The lowest BCUT2D eigenvalue weighted by Crippen LogP contribution is -2.55. The van der Waals surface area contributed by atoms with Crippen molar-refractivity contribution in [3.63, 3.8) is 0 Å². The number of ether oxygens (including phenoxy) is 1. The first-order valence-electron chi connectivity index (χ1n) is 10.9. The molecule has 2 aromatic rings. The third-order valence-corrected chi connectivity index (χ3v) is 6.90. The van der Waals surface area contributed by atoms with Crippen LogP contribution in [0.5, 0.6) is 0 Å². The van der Waals surface area contributed by atoms with Gasteiger partial charge in [-0.3, -0.25) is 9.59 Å². The molecule has 182 valence electrons. The minimum absolute atomic E-state index is 0.168. The number of anilines is 3. The summed E-state index contributed by atoms with van der Waals surface area (Å²) in [6.07, 6.45) is -1.46. The molecule has 0 spiro atoms. The minimum atomic E-state index is -4.65. The fourth-order valence-corrected chi connectivity index (χ4v) is 4.80. The fourth-order valence-electron chi connectivity index (χ4n) is 4.80. The first-order chi connectivity index (χ1) is 16.0. The number of alkyl halides is 3. The second-order valence-electron chi connectivity index (χ2n) is 9.08. The predicted molar refractivity (Wildman–Crippen MR) is 115 cm³/mol. The molecule has 2 fully saturated rings. The minimum Gasteiger partial charge on any atom is -0.376 e. The van der Waals surface area contributed by atoms with Crippen molar-refractivity contribution in [3.8, 4) is 0 Å². The van der Waals surface area contributed by atoms with Crippen LogP contribution in [-0.4, -0.2) is 63.4 Å². The van der Waals surface area contributed by atoms with Crippen LogP contribution < -0.4 is 15.5 Å². The Morgan fingerprint density at radius 3 is 2.62 bits per heavy atom. The highest BCUT2D eigenvalue weighted by molar-refractivity contribution is 6.04. The van der Waals surface area contributed by atoms with Crippen LogP contribution in [0.1, 0.15) is 41.9 Å². The molecule has 0 radical (unpaired) electrons. The lowest BCUT2D eigenvalue weighted by molar-refractivity contribution is -0.143. The normalized spacial score (nSPS) is 25.3. The molecule has 0 unspecified atom stereocenters. The number of aromatic nitrogens is 4. The molecule has 2 aromatic heterocycles. The van der Waals surface area contributed by atoms with Crippen LogP contribution in [0, 0.1) is 12.8 Å². The van der Waals surface area contributed by atoms with Gasteiger partial charge >= 0.3 is 6.18 Å². The van der Waals surface area contributed by atoms with Crippen LogP contribution in [0.25, 0.3) is 0 Å². The molecule has 1 amide bonds. The number of methoxy groups -OCH3 is 1. The summed E-state index contributed by atoms with van der Waals surface area (Å²) in [7, 11) is 3.38. The zero-order valence-electron chi connectivity index (χ0n) is 18.8. The number of nitrogens with one attached hydrogen (secondary N) is 2. The van der Waals surface area contributed by atoms with Gasteiger partial charge in [-0.25, -0.2) is 4.98 Å². The van der Waals surface area contributed by atoms with Crippen molar-refractivity contribution in [2.45, 2.75) is 56.5 Å². The van der Waals surface area contributed by atoms with E-state index in [0.29, 0.717) is 40.7 Å². The third kappa shape index (κ3) is 3.58. The van der Waals surface area contributed by atoms with E-state index in [0.717, 1.165) is 25.1 Å². The summed E-state index contributed by atoms with van der Waals surface area (Å²) in [5.74, 6) is -0.552. The number of nitrogens with zero attached hydrogens (tertiary/aromatic N) is 5. The second-order valence-corrected chi connectivity index (χ2v) is 9.08. The molecule has 10 nitrogen and oxygen atoms in total. The highest BCUT2D eigenvalue weighted by Crippen LogP contribution is 2.47. The molecule has 1 atom stereocenters. The Kier molecular flexibility index (Phi) is 5.08. The predicted octanol–water partition coefficient (Wildman–Crippen LogP) is 2.47. The zero-order valence-corrected chi connectivity index (χ0v) is 18.8. The Hall–Kier alpha value is -3.22. The summed E-state index contributed by atoms with van der Waals surface area (Å²) in [5.41, 5.74) is -0.508. The Labute approximate surface area is 192 Å². The number of hydrogen-bond donors (Lipinski definition) is 2. The van der Waals surface area contributed by atoms with Crippen molar-refractivity contribution in [3.05, 3.63) is 23.7 Å². The SMILES string of the molecule is COC1([C@H]2C(=O)Nc3c(C)nc(N[C@H]4C[C@@H](C(=O)n5nccc5C(F)(F)F)C4)nc3N2C)CC1. The van der Waals surface area contributed by atoms with Gasteiger partial charge in [0.05, 0.1) is 17.5 Å². The smallest absolute Gasteiger partial charge is 0.376 e. The Morgan fingerprint density at radius 2 is 2.00 bits per heavy atom. The molecule has 0 saturated heterocycles. The molecular formula is C21H24F3N7O3. The van der Waals surface area contributed by atoms with Crippen LogP contribution >= 0.6 is 0 Å². The summed E-state index contributed by atoms with van der Waals surface area (Å²) >= 11 is 0. The molecule has 2 saturated carbocycles. The summed E-state index contributed by atoms with van der Waals surface area (Å²) in [6.45, 7) is 1.76. The number of likely N-dealkylation sites (N-methyl/N-ethyl adjacent to an activating group) is 1. The number of aryl methyl sites for hydroxylation is 1. The highest BCUT2D eigenvalue weighted by atomic mass is 19.4. The first-order valence-corrected chi connectivity index (χ1v) is 10.9. The van der Waals surface area contributed by atoms with E-state index in [1.54, 1.807) is 26.0 Å². The molecule has 1 aliphatic heterocycles. The molecule has 34 heavy (non-hydrogen) atoms. The Morgan fingerprint density at radius 1 is 1.29 bits per heavy atom. The van der Waals surface area contributed by atoms with Crippen LogP contribution in [-0.2, 0) is 15.7 Å². The highest BCUT2D eigenvalue weighted by Gasteiger charge is 2.57. The number of hydrogen-bond acceptors (Lipinski definition) is 8. The number of carbonyl (C=O) groups excluding carboxylic acids is 2. The van der Waals surface area contributed by atoms with Gasteiger partial charge in [0.1, 0.15) is 11.7 Å². The quantitative estimate of drug-likeness (QED) is 0.672. The van der Waals surface area contributed by atoms with Crippen LogP contribution in [0.2, 0.25) is 0 Å². The van der Waals surface area contributed by atoms with Gasteiger partial charge < -0.3 is 20.3 Å². The van der Waals surface area contributed by atoms with Gasteiger partial charge in [0.2, 0.25) is 11.9 Å². The Bertz CT molecular complexity index is 1150. The number of rotatable bonds is 5. The largest absolute Gasteiger partial charge is 0.433 e. The van der Waals surface area contributed by atoms with Crippen molar-refractivity contribution in [1.29, 1.82) is 0 Å². The van der Waals surface area contributed by atoms with Crippen molar-refractivity contribution in [2.75, 3.05) is 29.7 Å². The lowest BCUT2D eigenvalue weighted by Gasteiger charge is -2.39. The van der Waals surface area contributed by atoms with E-state index in [2.05, 4.69) is 25.7 Å². The number of fused-ring (bicyclic) bond motifs is 1. The van der Waals surface area contributed by atoms with E-state index in [9.17, 15) is 22.8 Å². The van der Waals surface area contributed by atoms with E-state index < -0.39 is 35.3 Å². The fraction of sp³-hybridized carbons (Fsp3) is 0.571. The Balaban J connectivity index is 1.29. The van der Waals surface area contributed by atoms with Crippen LogP contribution in [0.15, 0.2) is 12.3 Å². The molecule has 13 heteroatoms. The average Bonchev–Trinajstić information content (AvgIpc) is 3.34. The van der Waals surface area contributed by atoms with Gasteiger partial charge in [0, 0.05) is 26.1 Å². The molecule has 0 aromatic carbocycles. The molecule has 2 N–H and O–H groups in total. The molecule has 5 rings (SSSR count). The van der Waals surface area contributed by atoms with Crippen molar-refractivity contribution in [1.82, 2.24) is 19.7 Å². The van der Waals surface area contributed by atoms with Gasteiger partial charge in [-0.2, -0.15) is 27.9 Å². The maximum absolute atomic E-state index is 13.1. The second kappa shape index (κ2) is 7.65. The standard InChI is InChI=1S/C21H24F3N7O3/c1-10-14-16(30(2)15(17(32)28-14)20(34-3)5-6-20)29-19(26-10)27-12-8-11(9-12)18(33)31-13(4-7-25-31)21(22,23)24/h4,7,11-12,15H,5-6,8-9H2,1-3H3,(H,28,32)(H,26,27,29)/t11-,12+,15-/m1/s1. The molecule has 3 aliphatic rings. The van der Waals surface area contributed by atoms with E-state index in [1.165, 1.54) is 0 Å². The van der Waals surface area contributed by atoms with Crippen molar-refractivity contribution < 1.29 is 27.5 Å². The first kappa shape index (κ1) is 22.6. The van der Waals surface area contributed by atoms with Crippen LogP contribution in [0.3, 0.4) is 0 Å². The summed E-state index contributed by atoms with van der Waals surface area (Å²) in [5, 5.41) is 9.61. The summed E-state index contributed by atoms with van der Waals surface area (Å²) < 4.78 is 45.3. The van der Waals surface area contributed by atoms with Gasteiger partial charge in [0.25, 0.3) is 5.91 Å². The third-order valence-electron chi connectivity index (χ3n) is 6.90. The average molecular weight is 479 g/mol. The van der Waals surface area contributed by atoms with E-state index >= 15 is 0 Å². The van der Waals surface area contributed by atoms with Crippen molar-refractivity contribution in [2.24, 2.45) is 5.92 Å². The zero-order chi connectivity index (χ0) is 24.4. The topological polar surface area (TPSA) is 114 Å². The molecular weight excluding hydrogens is 455 g/mol. The van der Waals surface area contributed by atoms with Gasteiger partial charge in [-0.15, -0.1) is 0 Å². The van der Waals surface area contributed by atoms with Crippen molar-refractivity contribution >= 4 is 29.3 Å². The van der Waals surface area contributed by atoms with Gasteiger partial charge in [-0.1, -0.05) is 0 Å². The van der Waals surface area contributed by atoms with Crippen LogP contribution in [0.4, 0.5) is 30.6 Å². The van der Waals surface area contributed by atoms with Gasteiger partial charge in [0.15, 0.2) is 11.5 Å². The number of halogens is 3. The van der Waals surface area contributed by atoms with E-state index in [1.807, 2.05) is 0 Å². The maximum Gasteiger partial charge on any atom is 0.433 e. The summed E-state index contributed by atoms with van der Waals surface area (Å²) in [6, 6.07) is 0.0903. The summed E-state index contributed by atoms with van der Waals surface area (Å²) in [4.78, 5) is 36.1.